The Bertz CT molecular complexity index is 686. The van der Waals surface area contributed by atoms with Crippen LogP contribution in [-0.4, -0.2) is 29.7 Å². The molecule has 2 aromatic rings. The summed E-state index contributed by atoms with van der Waals surface area (Å²) >= 11 is 3.57. The molecular formula is C19H25BrN2O2. The summed E-state index contributed by atoms with van der Waals surface area (Å²) in [5, 5.41) is 4.03. The molecule has 24 heavy (non-hydrogen) atoms. The van der Waals surface area contributed by atoms with Crippen LogP contribution in [0.4, 0.5) is 0 Å². The monoisotopic (exact) mass is 392 g/mol. The van der Waals surface area contributed by atoms with Gasteiger partial charge in [-0.1, -0.05) is 38.0 Å². The molecule has 1 heterocycles. The van der Waals surface area contributed by atoms with Crippen molar-refractivity contribution in [2.45, 2.75) is 38.7 Å². The molecule has 1 aliphatic rings. The Labute approximate surface area is 151 Å². The van der Waals surface area contributed by atoms with E-state index in [-0.39, 0.29) is 5.91 Å². The maximum atomic E-state index is 12.6. The van der Waals surface area contributed by atoms with Crippen molar-refractivity contribution in [3.63, 3.8) is 0 Å². The molecule has 1 aromatic carbocycles. The van der Waals surface area contributed by atoms with Crippen molar-refractivity contribution < 1.29 is 9.53 Å². The third-order valence-electron chi connectivity index (χ3n) is 5.01. The Morgan fingerprint density at radius 2 is 2.08 bits per heavy atom. The van der Waals surface area contributed by atoms with Crippen LogP contribution in [0.5, 0.6) is 0 Å². The lowest BCUT2D eigenvalue weighted by Gasteiger charge is -2.28. The number of carbonyl (C=O) groups is 1. The highest BCUT2D eigenvalue weighted by atomic mass is 79.9. The van der Waals surface area contributed by atoms with Gasteiger partial charge in [0.2, 0.25) is 0 Å². The number of nitrogens with zero attached hydrogens (tertiary/aromatic N) is 1. The minimum atomic E-state index is -0.0686. The number of halogens is 1. The standard InChI is InChI=1S/C19H25BrN2O2/c1-13-7-3-6-10-16(13)24-12-11-21-19(23)18-17(20)14-8-4-5-9-15(14)22(18)2/h4-5,8-9,13,16H,3,6-7,10-12H2,1-2H3,(H,21,23)/t13-,16+/m1/s1. The molecule has 1 amide bonds. The van der Waals surface area contributed by atoms with E-state index in [2.05, 4.69) is 28.2 Å². The molecule has 1 aromatic heterocycles. The Morgan fingerprint density at radius 1 is 1.33 bits per heavy atom. The van der Waals surface area contributed by atoms with Gasteiger partial charge in [0.15, 0.2) is 0 Å². The summed E-state index contributed by atoms with van der Waals surface area (Å²) in [5.41, 5.74) is 1.70. The topological polar surface area (TPSA) is 43.3 Å². The summed E-state index contributed by atoms with van der Waals surface area (Å²) in [6, 6.07) is 8.00. The van der Waals surface area contributed by atoms with Crippen molar-refractivity contribution in [1.82, 2.24) is 9.88 Å². The first-order valence-corrected chi connectivity index (χ1v) is 9.51. The summed E-state index contributed by atoms with van der Waals surface area (Å²) in [7, 11) is 1.92. The summed E-state index contributed by atoms with van der Waals surface area (Å²) in [6.07, 6.45) is 5.31. The number of hydrogen-bond acceptors (Lipinski definition) is 2. The molecule has 1 fully saturated rings. The highest BCUT2D eigenvalue weighted by Gasteiger charge is 2.22. The van der Waals surface area contributed by atoms with Crippen molar-refractivity contribution in [3.8, 4) is 0 Å². The maximum absolute atomic E-state index is 12.6. The van der Waals surface area contributed by atoms with Crippen LogP contribution in [0.15, 0.2) is 28.7 Å². The van der Waals surface area contributed by atoms with Crippen LogP contribution in [-0.2, 0) is 11.8 Å². The molecule has 3 rings (SSSR count). The zero-order valence-electron chi connectivity index (χ0n) is 14.3. The fourth-order valence-electron chi connectivity index (χ4n) is 3.59. The largest absolute Gasteiger partial charge is 0.376 e. The fourth-order valence-corrected chi connectivity index (χ4v) is 4.37. The van der Waals surface area contributed by atoms with Gasteiger partial charge >= 0.3 is 0 Å². The first-order chi connectivity index (χ1) is 11.6. The average Bonchev–Trinajstić information content (AvgIpc) is 2.84. The normalized spacial score (nSPS) is 21.1. The van der Waals surface area contributed by atoms with E-state index < -0.39 is 0 Å². The minimum Gasteiger partial charge on any atom is -0.376 e. The van der Waals surface area contributed by atoms with E-state index in [1.54, 1.807) is 0 Å². The van der Waals surface area contributed by atoms with E-state index >= 15 is 0 Å². The molecule has 0 spiro atoms. The predicted octanol–water partition coefficient (Wildman–Crippen LogP) is 4.27. The third-order valence-corrected chi connectivity index (χ3v) is 5.82. The lowest BCUT2D eigenvalue weighted by Crippen LogP contribution is -2.32. The highest BCUT2D eigenvalue weighted by molar-refractivity contribution is 9.10. The van der Waals surface area contributed by atoms with Crippen molar-refractivity contribution >= 4 is 32.7 Å². The number of ether oxygens (including phenoxy) is 1. The molecule has 0 saturated heterocycles. The Balaban J connectivity index is 1.58. The second kappa shape index (κ2) is 7.70. The van der Waals surface area contributed by atoms with E-state index in [9.17, 15) is 4.79 Å². The lowest BCUT2D eigenvalue weighted by molar-refractivity contribution is -0.00296. The molecule has 0 aliphatic heterocycles. The van der Waals surface area contributed by atoms with Crippen LogP contribution < -0.4 is 5.32 Å². The number of amides is 1. The van der Waals surface area contributed by atoms with Crippen molar-refractivity contribution in [2.75, 3.05) is 13.2 Å². The maximum Gasteiger partial charge on any atom is 0.269 e. The summed E-state index contributed by atoms with van der Waals surface area (Å²) in [5.74, 6) is 0.558. The molecule has 1 N–H and O–H groups in total. The van der Waals surface area contributed by atoms with Crippen molar-refractivity contribution in [2.24, 2.45) is 13.0 Å². The number of aromatic nitrogens is 1. The van der Waals surface area contributed by atoms with Gasteiger partial charge in [-0.3, -0.25) is 4.79 Å². The molecule has 5 heteroatoms. The number of carbonyl (C=O) groups excluding carboxylic acids is 1. The van der Waals surface area contributed by atoms with Gasteiger partial charge in [0.25, 0.3) is 5.91 Å². The quantitative estimate of drug-likeness (QED) is 0.772. The molecule has 1 saturated carbocycles. The van der Waals surface area contributed by atoms with Crippen LogP contribution in [0.1, 0.15) is 43.1 Å². The van der Waals surface area contributed by atoms with E-state index in [0.717, 1.165) is 21.8 Å². The smallest absolute Gasteiger partial charge is 0.269 e. The van der Waals surface area contributed by atoms with Crippen molar-refractivity contribution in [1.29, 1.82) is 0 Å². The molecular weight excluding hydrogens is 368 g/mol. The number of para-hydroxylation sites is 1. The van der Waals surface area contributed by atoms with Crippen LogP contribution in [0.25, 0.3) is 10.9 Å². The SMILES string of the molecule is C[C@@H]1CCCC[C@@H]1OCCNC(=O)c1c(Br)c2ccccc2n1C. The van der Waals surface area contributed by atoms with Gasteiger partial charge in [-0.25, -0.2) is 0 Å². The summed E-state index contributed by atoms with van der Waals surface area (Å²) in [6.45, 7) is 3.37. The molecule has 2 atom stereocenters. The van der Waals surface area contributed by atoms with Crippen LogP contribution >= 0.6 is 15.9 Å². The second-order valence-corrected chi connectivity index (χ2v) is 7.46. The number of benzene rings is 1. The van der Waals surface area contributed by atoms with E-state index in [0.29, 0.717) is 30.9 Å². The molecule has 0 bridgehead atoms. The van der Waals surface area contributed by atoms with Gasteiger partial charge in [0.05, 0.1) is 17.2 Å². The zero-order valence-corrected chi connectivity index (χ0v) is 15.9. The Morgan fingerprint density at radius 3 is 2.83 bits per heavy atom. The van der Waals surface area contributed by atoms with Crippen LogP contribution in [0.2, 0.25) is 0 Å². The molecule has 0 unspecified atom stereocenters. The zero-order chi connectivity index (χ0) is 17.1. The summed E-state index contributed by atoms with van der Waals surface area (Å²) in [4.78, 5) is 12.6. The molecule has 0 radical (unpaired) electrons. The molecule has 4 nitrogen and oxygen atoms in total. The Kier molecular flexibility index (Phi) is 5.61. The lowest BCUT2D eigenvalue weighted by atomic mass is 9.88. The average molecular weight is 393 g/mol. The number of aryl methyl sites for hydroxylation is 1. The van der Waals surface area contributed by atoms with Gasteiger partial charge in [0, 0.05) is 24.5 Å². The second-order valence-electron chi connectivity index (χ2n) is 6.67. The highest BCUT2D eigenvalue weighted by Crippen LogP contribution is 2.30. The number of hydrogen-bond donors (Lipinski definition) is 1. The molecule has 130 valence electrons. The molecule has 1 aliphatic carbocycles. The van der Waals surface area contributed by atoms with Crippen LogP contribution in [0.3, 0.4) is 0 Å². The number of fused-ring (bicyclic) bond motifs is 1. The number of nitrogens with one attached hydrogen (secondary N) is 1. The fraction of sp³-hybridized carbons (Fsp3) is 0.526. The number of rotatable bonds is 5. The van der Waals surface area contributed by atoms with Gasteiger partial charge in [0.1, 0.15) is 5.69 Å². The van der Waals surface area contributed by atoms with Gasteiger partial charge in [-0.2, -0.15) is 0 Å². The van der Waals surface area contributed by atoms with Gasteiger partial charge in [-0.05, 0) is 40.8 Å². The van der Waals surface area contributed by atoms with Crippen LogP contribution in [0, 0.1) is 5.92 Å². The first-order valence-electron chi connectivity index (χ1n) is 8.72. The van der Waals surface area contributed by atoms with E-state index in [1.165, 1.54) is 19.3 Å². The van der Waals surface area contributed by atoms with Gasteiger partial charge < -0.3 is 14.6 Å². The predicted molar refractivity (Wildman–Crippen MR) is 100 cm³/mol. The minimum absolute atomic E-state index is 0.0686. The van der Waals surface area contributed by atoms with E-state index in [1.807, 2.05) is 35.9 Å². The Hall–Kier alpha value is -1.33. The van der Waals surface area contributed by atoms with Gasteiger partial charge in [-0.15, -0.1) is 0 Å². The summed E-state index contributed by atoms with van der Waals surface area (Å²) < 4.78 is 8.74. The first kappa shape index (κ1) is 17.5. The third kappa shape index (κ3) is 3.52. The van der Waals surface area contributed by atoms with E-state index in [4.69, 9.17) is 4.74 Å². The van der Waals surface area contributed by atoms with Crippen molar-refractivity contribution in [3.05, 3.63) is 34.4 Å².